The molecule has 0 bridgehead atoms. The van der Waals surface area contributed by atoms with Gasteiger partial charge in [-0.3, -0.25) is 4.79 Å². The zero-order chi connectivity index (χ0) is 20.1. The number of carbonyl (C=O) groups excluding carboxylic acids is 1. The van der Waals surface area contributed by atoms with Crippen LogP contribution in [-0.2, 0) is 4.79 Å². The zero-order valence-corrected chi connectivity index (χ0v) is 17.7. The fourth-order valence-electron chi connectivity index (χ4n) is 2.90. The van der Waals surface area contributed by atoms with Gasteiger partial charge in [0, 0.05) is 26.2 Å². The van der Waals surface area contributed by atoms with E-state index in [4.69, 9.17) is 11.6 Å². The Morgan fingerprint density at radius 1 is 1.22 bits per heavy atom. The summed E-state index contributed by atoms with van der Waals surface area (Å²) in [4.78, 5) is 20.7. The third-order valence-electron chi connectivity index (χ3n) is 4.70. The quantitative estimate of drug-likeness (QED) is 0.473. The van der Waals surface area contributed by atoms with Crippen molar-refractivity contribution in [2.75, 3.05) is 18.5 Å². The molecule has 0 saturated carbocycles. The number of hydrogen-bond acceptors (Lipinski definition) is 2. The van der Waals surface area contributed by atoms with Crippen molar-refractivity contribution in [1.82, 2.24) is 4.90 Å². The number of benzene rings is 2. The number of halogens is 1. The number of anilines is 1. The first-order chi connectivity index (χ1) is 12.7. The molecule has 0 aliphatic rings. The van der Waals surface area contributed by atoms with Gasteiger partial charge in [-0.05, 0) is 51.0 Å². The van der Waals surface area contributed by atoms with Crippen molar-refractivity contribution in [2.45, 2.75) is 40.7 Å². The molecule has 0 spiro atoms. The molecule has 2 aromatic carbocycles. The molecule has 4 nitrogen and oxygen atoms in total. The van der Waals surface area contributed by atoms with Crippen LogP contribution in [0.25, 0.3) is 0 Å². The van der Waals surface area contributed by atoms with Gasteiger partial charge >= 0.3 is 0 Å². The van der Waals surface area contributed by atoms with Crippen LogP contribution in [0.5, 0.6) is 0 Å². The lowest BCUT2D eigenvalue weighted by Crippen LogP contribution is -2.32. The van der Waals surface area contributed by atoms with Crippen molar-refractivity contribution in [2.24, 2.45) is 4.99 Å². The molecule has 0 aliphatic carbocycles. The van der Waals surface area contributed by atoms with Crippen LogP contribution < -0.4 is 4.90 Å². The third kappa shape index (κ3) is 5.10. The first-order valence-corrected chi connectivity index (χ1v) is 9.53. The van der Waals surface area contributed by atoms with E-state index in [1.54, 1.807) is 18.2 Å². The predicted octanol–water partition coefficient (Wildman–Crippen LogP) is 5.68. The average molecular weight is 386 g/mol. The molecule has 1 unspecified atom stereocenters. The number of aliphatic imine (C=N–C) groups is 1. The lowest BCUT2D eigenvalue weighted by atomic mass is 10.0. The topological polar surface area (TPSA) is 35.9 Å². The first-order valence-electron chi connectivity index (χ1n) is 9.15. The second kappa shape index (κ2) is 9.05. The summed E-state index contributed by atoms with van der Waals surface area (Å²) in [6, 6.07) is 11.9. The Morgan fingerprint density at radius 3 is 2.41 bits per heavy atom. The molecule has 0 saturated heterocycles. The van der Waals surface area contributed by atoms with Crippen LogP contribution in [0, 0.1) is 13.8 Å². The molecular weight excluding hydrogens is 358 g/mol. The van der Waals surface area contributed by atoms with Crippen LogP contribution in [0.1, 0.15) is 43.5 Å². The number of rotatable bonds is 6. The Kier molecular flexibility index (Phi) is 7.03. The number of hydrogen-bond donors (Lipinski definition) is 0. The van der Waals surface area contributed by atoms with Gasteiger partial charge in [-0.1, -0.05) is 41.4 Å². The van der Waals surface area contributed by atoms with E-state index in [2.05, 4.69) is 43.1 Å². The van der Waals surface area contributed by atoms with Gasteiger partial charge in [-0.2, -0.15) is 0 Å². The van der Waals surface area contributed by atoms with E-state index in [-0.39, 0.29) is 11.9 Å². The van der Waals surface area contributed by atoms with Crippen LogP contribution in [0.2, 0.25) is 5.02 Å². The van der Waals surface area contributed by atoms with E-state index in [0.717, 1.165) is 23.4 Å². The molecule has 1 atom stereocenters. The maximum atomic E-state index is 12.5. The van der Waals surface area contributed by atoms with E-state index < -0.39 is 0 Å². The highest BCUT2D eigenvalue weighted by Crippen LogP contribution is 2.36. The van der Waals surface area contributed by atoms with E-state index >= 15 is 0 Å². The predicted molar refractivity (Wildman–Crippen MR) is 115 cm³/mol. The average Bonchev–Trinajstić information content (AvgIpc) is 2.63. The van der Waals surface area contributed by atoms with Crippen molar-refractivity contribution >= 4 is 35.2 Å². The van der Waals surface area contributed by atoms with Gasteiger partial charge in [0.15, 0.2) is 0 Å². The Labute approximate surface area is 167 Å². The first kappa shape index (κ1) is 21.0. The van der Waals surface area contributed by atoms with Gasteiger partial charge in [0.25, 0.3) is 0 Å². The van der Waals surface area contributed by atoms with Crippen LogP contribution >= 0.6 is 11.6 Å². The molecule has 0 aliphatic heterocycles. The maximum absolute atomic E-state index is 12.5. The standard InChI is InChI=1S/C22H28ClN3O/c1-7-25(6)14-24-21-12-16(3)22(13-20(21)23)26(18(5)27)17(4)19-10-8-15(2)9-11-19/h8-14,17H,7H2,1-6H3. The van der Waals surface area contributed by atoms with Gasteiger partial charge < -0.3 is 9.80 Å². The molecule has 0 N–H and O–H groups in total. The lowest BCUT2D eigenvalue weighted by molar-refractivity contribution is -0.117. The van der Waals surface area contributed by atoms with Crippen LogP contribution in [0.15, 0.2) is 41.4 Å². The molecule has 0 heterocycles. The summed E-state index contributed by atoms with van der Waals surface area (Å²) in [5.74, 6) is -0.0239. The van der Waals surface area contributed by atoms with E-state index in [0.29, 0.717) is 10.7 Å². The molecular formula is C22H28ClN3O. The van der Waals surface area contributed by atoms with Crippen molar-refractivity contribution in [3.05, 3.63) is 58.1 Å². The highest BCUT2D eigenvalue weighted by molar-refractivity contribution is 6.33. The lowest BCUT2D eigenvalue weighted by Gasteiger charge is -2.30. The Hall–Kier alpha value is -2.33. The smallest absolute Gasteiger partial charge is 0.224 e. The maximum Gasteiger partial charge on any atom is 0.224 e. The highest BCUT2D eigenvalue weighted by atomic mass is 35.5. The molecule has 0 radical (unpaired) electrons. The highest BCUT2D eigenvalue weighted by Gasteiger charge is 2.23. The monoisotopic (exact) mass is 385 g/mol. The van der Waals surface area contributed by atoms with E-state index in [1.165, 1.54) is 5.56 Å². The molecule has 27 heavy (non-hydrogen) atoms. The molecule has 5 heteroatoms. The number of carbonyl (C=O) groups is 1. The van der Waals surface area contributed by atoms with Gasteiger partial charge in [0.2, 0.25) is 5.91 Å². The summed E-state index contributed by atoms with van der Waals surface area (Å²) in [6.07, 6.45) is 1.76. The molecule has 144 valence electrons. The molecule has 2 rings (SSSR count). The second-order valence-electron chi connectivity index (χ2n) is 6.88. The van der Waals surface area contributed by atoms with Gasteiger partial charge in [-0.25, -0.2) is 4.99 Å². The van der Waals surface area contributed by atoms with E-state index in [9.17, 15) is 4.79 Å². The zero-order valence-electron chi connectivity index (χ0n) is 17.0. The Morgan fingerprint density at radius 2 is 1.85 bits per heavy atom. The molecule has 2 aromatic rings. The fourth-order valence-corrected chi connectivity index (χ4v) is 3.11. The summed E-state index contributed by atoms with van der Waals surface area (Å²) in [5, 5.41) is 0.527. The van der Waals surface area contributed by atoms with Crippen LogP contribution in [0.4, 0.5) is 11.4 Å². The Bertz CT molecular complexity index is 830. The van der Waals surface area contributed by atoms with Gasteiger partial charge in [0.1, 0.15) is 0 Å². The third-order valence-corrected chi connectivity index (χ3v) is 5.01. The minimum absolute atomic E-state index is 0.0239. The van der Waals surface area contributed by atoms with Crippen LogP contribution in [0.3, 0.4) is 0 Å². The minimum atomic E-state index is -0.0987. The number of aryl methyl sites for hydroxylation is 2. The molecule has 0 fully saturated rings. The molecule has 0 aromatic heterocycles. The molecule has 1 amide bonds. The Balaban J connectivity index is 2.42. The fraction of sp³-hybridized carbons (Fsp3) is 0.364. The normalized spacial score (nSPS) is 12.3. The van der Waals surface area contributed by atoms with Crippen molar-refractivity contribution in [1.29, 1.82) is 0 Å². The van der Waals surface area contributed by atoms with Crippen molar-refractivity contribution in [3.8, 4) is 0 Å². The summed E-state index contributed by atoms with van der Waals surface area (Å²) < 4.78 is 0. The minimum Gasteiger partial charge on any atom is -0.366 e. The van der Waals surface area contributed by atoms with Gasteiger partial charge in [0.05, 0.1) is 23.1 Å². The number of nitrogens with zero attached hydrogens (tertiary/aromatic N) is 3. The van der Waals surface area contributed by atoms with Crippen molar-refractivity contribution in [3.63, 3.8) is 0 Å². The summed E-state index contributed by atoms with van der Waals surface area (Å²) in [7, 11) is 1.96. The second-order valence-corrected chi connectivity index (χ2v) is 7.29. The van der Waals surface area contributed by atoms with E-state index in [1.807, 2.05) is 37.9 Å². The van der Waals surface area contributed by atoms with Crippen molar-refractivity contribution < 1.29 is 4.79 Å². The largest absolute Gasteiger partial charge is 0.366 e. The summed E-state index contributed by atoms with van der Waals surface area (Å²) in [6.45, 7) is 10.6. The summed E-state index contributed by atoms with van der Waals surface area (Å²) in [5.41, 5.74) is 4.74. The van der Waals surface area contributed by atoms with Gasteiger partial charge in [-0.15, -0.1) is 0 Å². The number of amides is 1. The SMILES string of the molecule is CCN(C)C=Nc1cc(C)c(N(C(C)=O)C(C)c2ccc(C)cc2)cc1Cl. The summed E-state index contributed by atoms with van der Waals surface area (Å²) >= 11 is 6.48. The van der Waals surface area contributed by atoms with Crippen LogP contribution in [-0.4, -0.2) is 30.7 Å².